The van der Waals surface area contributed by atoms with Gasteiger partial charge in [0.2, 0.25) is 15.9 Å². The van der Waals surface area contributed by atoms with E-state index in [2.05, 4.69) is 0 Å². The monoisotopic (exact) mass is 322 g/mol. The van der Waals surface area contributed by atoms with Crippen LogP contribution < -0.4 is 0 Å². The predicted molar refractivity (Wildman–Crippen MR) is 84.0 cm³/mol. The number of amides is 1. The molecule has 0 saturated carbocycles. The Hall–Kier alpha value is -1.40. The number of piperazine rings is 1. The van der Waals surface area contributed by atoms with Gasteiger partial charge in [0.1, 0.15) is 6.04 Å². The van der Waals surface area contributed by atoms with E-state index in [-0.39, 0.29) is 16.8 Å². The number of sulfonamides is 1. The van der Waals surface area contributed by atoms with Crippen molar-refractivity contribution in [3.63, 3.8) is 0 Å². The summed E-state index contributed by atoms with van der Waals surface area (Å²) in [4.78, 5) is 14.6. The molecule has 0 radical (unpaired) electrons. The van der Waals surface area contributed by atoms with Gasteiger partial charge in [-0.15, -0.1) is 0 Å². The van der Waals surface area contributed by atoms with E-state index in [1.807, 2.05) is 24.8 Å². The van der Waals surface area contributed by atoms with Crippen LogP contribution in [0.5, 0.6) is 0 Å². The molecule has 0 bridgehead atoms. The molecule has 2 saturated heterocycles. The number of hydrogen-bond donors (Lipinski definition) is 0. The van der Waals surface area contributed by atoms with Crippen molar-refractivity contribution >= 4 is 15.9 Å². The van der Waals surface area contributed by atoms with Gasteiger partial charge in [0.15, 0.2) is 0 Å². The van der Waals surface area contributed by atoms with Crippen LogP contribution in [0.15, 0.2) is 23.1 Å². The van der Waals surface area contributed by atoms with Gasteiger partial charge in [0.05, 0.1) is 4.90 Å². The van der Waals surface area contributed by atoms with Crippen molar-refractivity contribution in [1.29, 1.82) is 0 Å². The molecule has 2 heterocycles. The lowest BCUT2D eigenvalue weighted by Gasteiger charge is -2.40. The first kappa shape index (κ1) is 15.5. The van der Waals surface area contributed by atoms with Gasteiger partial charge >= 0.3 is 0 Å². The number of hydrogen-bond acceptors (Lipinski definition) is 3. The minimum atomic E-state index is -3.64. The van der Waals surface area contributed by atoms with Gasteiger partial charge in [-0.1, -0.05) is 6.07 Å². The SMILES string of the molecule is Cc1ccc(S(=O)(=O)N2C[C@@H]3CCCN3C(=O)[C@@H]2C)cc1C. The van der Waals surface area contributed by atoms with Gasteiger partial charge < -0.3 is 4.90 Å². The van der Waals surface area contributed by atoms with Crippen LogP contribution in [0.1, 0.15) is 30.9 Å². The maximum Gasteiger partial charge on any atom is 0.243 e. The van der Waals surface area contributed by atoms with Gasteiger partial charge in [0, 0.05) is 19.1 Å². The average molecular weight is 322 g/mol. The molecule has 22 heavy (non-hydrogen) atoms. The van der Waals surface area contributed by atoms with Crippen molar-refractivity contribution in [2.24, 2.45) is 0 Å². The lowest BCUT2D eigenvalue weighted by atomic mass is 10.1. The van der Waals surface area contributed by atoms with E-state index in [4.69, 9.17) is 0 Å². The molecule has 0 spiro atoms. The van der Waals surface area contributed by atoms with Crippen LogP contribution in [-0.4, -0.2) is 48.7 Å². The molecule has 5 nitrogen and oxygen atoms in total. The predicted octanol–water partition coefficient (Wildman–Crippen LogP) is 1.69. The molecule has 1 aromatic rings. The quantitative estimate of drug-likeness (QED) is 0.832. The number of nitrogens with zero attached hydrogens (tertiary/aromatic N) is 2. The highest BCUT2D eigenvalue weighted by Crippen LogP contribution is 2.30. The van der Waals surface area contributed by atoms with Gasteiger partial charge in [0.25, 0.3) is 0 Å². The summed E-state index contributed by atoms with van der Waals surface area (Å²) in [6.45, 7) is 6.70. The molecule has 2 fully saturated rings. The first-order chi connectivity index (χ1) is 10.3. The molecule has 1 amide bonds. The van der Waals surface area contributed by atoms with Crippen molar-refractivity contribution in [2.45, 2.75) is 50.6 Å². The Morgan fingerprint density at radius 3 is 2.59 bits per heavy atom. The molecule has 3 rings (SSSR count). The minimum Gasteiger partial charge on any atom is -0.337 e. The normalized spacial score (nSPS) is 26.3. The Kier molecular flexibility index (Phi) is 3.77. The van der Waals surface area contributed by atoms with E-state index in [1.165, 1.54) is 4.31 Å². The Balaban J connectivity index is 1.97. The van der Waals surface area contributed by atoms with E-state index in [9.17, 15) is 13.2 Å². The summed E-state index contributed by atoms with van der Waals surface area (Å²) in [6, 6.07) is 4.56. The molecule has 0 aliphatic carbocycles. The van der Waals surface area contributed by atoms with Crippen LogP contribution in [0.25, 0.3) is 0 Å². The molecule has 2 aliphatic heterocycles. The van der Waals surface area contributed by atoms with Crippen LogP contribution >= 0.6 is 0 Å². The van der Waals surface area contributed by atoms with Crippen LogP contribution in [0, 0.1) is 13.8 Å². The summed E-state index contributed by atoms with van der Waals surface area (Å²) < 4.78 is 27.3. The molecule has 2 aliphatic rings. The number of aryl methyl sites for hydroxylation is 2. The van der Waals surface area contributed by atoms with Gasteiger partial charge in [-0.2, -0.15) is 4.31 Å². The van der Waals surface area contributed by atoms with Crippen LogP contribution in [-0.2, 0) is 14.8 Å². The van der Waals surface area contributed by atoms with Crippen LogP contribution in [0.2, 0.25) is 0 Å². The second-order valence-corrected chi connectivity index (χ2v) is 8.22. The van der Waals surface area contributed by atoms with Crippen LogP contribution in [0.4, 0.5) is 0 Å². The molecule has 120 valence electrons. The zero-order valence-corrected chi connectivity index (χ0v) is 14.1. The van der Waals surface area contributed by atoms with Crippen molar-refractivity contribution in [3.05, 3.63) is 29.3 Å². The van der Waals surface area contributed by atoms with E-state index < -0.39 is 16.1 Å². The summed E-state index contributed by atoms with van der Waals surface area (Å²) in [7, 11) is -3.64. The Morgan fingerprint density at radius 2 is 1.91 bits per heavy atom. The molecule has 2 atom stereocenters. The maximum absolute atomic E-state index is 13.0. The lowest BCUT2D eigenvalue weighted by molar-refractivity contribution is -0.139. The fourth-order valence-electron chi connectivity index (χ4n) is 3.36. The van der Waals surface area contributed by atoms with Crippen molar-refractivity contribution in [3.8, 4) is 0 Å². The Bertz CT molecular complexity index is 714. The van der Waals surface area contributed by atoms with Gasteiger partial charge in [-0.3, -0.25) is 4.79 Å². The number of carbonyl (C=O) groups is 1. The molecule has 1 aromatic carbocycles. The molecule has 0 aromatic heterocycles. The smallest absolute Gasteiger partial charge is 0.243 e. The second-order valence-electron chi connectivity index (χ2n) is 6.32. The summed E-state index contributed by atoms with van der Waals surface area (Å²) in [5, 5.41) is 0. The van der Waals surface area contributed by atoms with Crippen molar-refractivity contribution < 1.29 is 13.2 Å². The number of fused-ring (bicyclic) bond motifs is 1. The minimum absolute atomic E-state index is 0.0324. The van der Waals surface area contributed by atoms with Crippen molar-refractivity contribution in [1.82, 2.24) is 9.21 Å². The van der Waals surface area contributed by atoms with E-state index in [0.717, 1.165) is 30.5 Å². The van der Waals surface area contributed by atoms with Gasteiger partial charge in [-0.05, 0) is 56.9 Å². The third kappa shape index (κ3) is 2.34. The molecular formula is C16H22N2O3S. The fourth-order valence-corrected chi connectivity index (χ4v) is 5.07. The number of rotatable bonds is 2. The maximum atomic E-state index is 13.0. The second kappa shape index (κ2) is 5.35. The first-order valence-corrected chi connectivity index (χ1v) is 9.16. The zero-order valence-electron chi connectivity index (χ0n) is 13.2. The Morgan fingerprint density at radius 1 is 1.18 bits per heavy atom. The largest absolute Gasteiger partial charge is 0.337 e. The Labute approximate surface area is 132 Å². The summed E-state index contributed by atoms with van der Waals surface area (Å²) in [5.74, 6) is -0.0684. The molecule has 6 heteroatoms. The molecule has 0 unspecified atom stereocenters. The van der Waals surface area contributed by atoms with Crippen LogP contribution in [0.3, 0.4) is 0 Å². The van der Waals surface area contributed by atoms with Crippen molar-refractivity contribution in [2.75, 3.05) is 13.1 Å². The highest BCUT2D eigenvalue weighted by atomic mass is 32.2. The third-order valence-corrected chi connectivity index (χ3v) is 6.86. The standard InChI is InChI=1S/C16H22N2O3S/c1-11-6-7-15(9-12(11)2)22(20,21)18-10-14-5-4-8-17(14)16(19)13(18)3/h6-7,9,13-14H,4-5,8,10H2,1-3H3/t13-,14-/m0/s1. The average Bonchev–Trinajstić information content (AvgIpc) is 2.94. The molecular weight excluding hydrogens is 300 g/mol. The third-order valence-electron chi connectivity index (χ3n) is 4.93. The highest BCUT2D eigenvalue weighted by Gasteiger charge is 2.45. The van der Waals surface area contributed by atoms with Gasteiger partial charge in [-0.25, -0.2) is 8.42 Å². The summed E-state index contributed by atoms with van der Waals surface area (Å²) >= 11 is 0. The zero-order chi connectivity index (χ0) is 16.1. The fraction of sp³-hybridized carbons (Fsp3) is 0.562. The lowest BCUT2D eigenvalue weighted by Crippen LogP contribution is -2.59. The number of benzene rings is 1. The topological polar surface area (TPSA) is 57.7 Å². The summed E-state index contributed by atoms with van der Waals surface area (Å²) in [6.07, 6.45) is 1.85. The summed E-state index contributed by atoms with van der Waals surface area (Å²) in [5.41, 5.74) is 2.00. The van der Waals surface area contributed by atoms with E-state index in [0.29, 0.717) is 6.54 Å². The highest BCUT2D eigenvalue weighted by molar-refractivity contribution is 7.89. The first-order valence-electron chi connectivity index (χ1n) is 7.72. The van der Waals surface area contributed by atoms with E-state index in [1.54, 1.807) is 19.1 Å². The van der Waals surface area contributed by atoms with E-state index >= 15 is 0 Å². The molecule has 0 N–H and O–H groups in total. The number of carbonyl (C=O) groups excluding carboxylic acids is 1.